The van der Waals surface area contributed by atoms with Crippen LogP contribution in [0.25, 0.3) is 0 Å². The lowest BCUT2D eigenvalue weighted by atomic mass is 10.2. The summed E-state index contributed by atoms with van der Waals surface area (Å²) in [5, 5.41) is 2.35. The SMILES string of the molecule is CC[C@@H](Oc1ccccc1)C(=O)OCC(=O)Nc1ccc(Br)cc1F. The van der Waals surface area contributed by atoms with Gasteiger partial charge in [-0.3, -0.25) is 4.79 Å². The van der Waals surface area contributed by atoms with Gasteiger partial charge in [0.05, 0.1) is 5.69 Å². The first-order chi connectivity index (χ1) is 12.0. The number of hydrogen-bond acceptors (Lipinski definition) is 4. The number of amides is 1. The Hall–Kier alpha value is -2.41. The number of nitrogens with one attached hydrogen (secondary N) is 1. The van der Waals surface area contributed by atoms with Gasteiger partial charge >= 0.3 is 5.97 Å². The average Bonchev–Trinajstić information content (AvgIpc) is 2.61. The fraction of sp³-hybridized carbons (Fsp3) is 0.222. The van der Waals surface area contributed by atoms with Gasteiger partial charge in [0, 0.05) is 4.47 Å². The zero-order valence-electron chi connectivity index (χ0n) is 13.5. The Morgan fingerprint density at radius 3 is 2.56 bits per heavy atom. The second-order valence-corrected chi connectivity index (χ2v) is 6.02. The summed E-state index contributed by atoms with van der Waals surface area (Å²) in [6.07, 6.45) is -0.434. The molecule has 0 heterocycles. The summed E-state index contributed by atoms with van der Waals surface area (Å²) in [7, 11) is 0. The van der Waals surface area contributed by atoms with Crippen molar-refractivity contribution in [2.75, 3.05) is 11.9 Å². The van der Waals surface area contributed by atoms with E-state index in [0.29, 0.717) is 16.6 Å². The lowest BCUT2D eigenvalue weighted by Gasteiger charge is -2.16. The van der Waals surface area contributed by atoms with Crippen molar-refractivity contribution >= 4 is 33.5 Å². The predicted octanol–water partition coefficient (Wildman–Crippen LogP) is 3.93. The van der Waals surface area contributed by atoms with E-state index in [-0.39, 0.29) is 5.69 Å². The van der Waals surface area contributed by atoms with Gasteiger partial charge in [0.25, 0.3) is 5.91 Å². The summed E-state index contributed by atoms with van der Waals surface area (Å²) >= 11 is 3.13. The molecular weight excluding hydrogens is 393 g/mol. The molecule has 0 radical (unpaired) electrons. The van der Waals surface area contributed by atoms with Crippen LogP contribution in [0.3, 0.4) is 0 Å². The van der Waals surface area contributed by atoms with E-state index in [1.165, 1.54) is 12.1 Å². The minimum atomic E-state index is -0.820. The van der Waals surface area contributed by atoms with Crippen molar-refractivity contribution in [1.29, 1.82) is 0 Å². The fourth-order valence-electron chi connectivity index (χ4n) is 1.97. The van der Waals surface area contributed by atoms with Crippen LogP contribution in [-0.2, 0) is 14.3 Å². The van der Waals surface area contributed by atoms with E-state index in [1.807, 2.05) is 6.07 Å². The van der Waals surface area contributed by atoms with Gasteiger partial charge in [-0.05, 0) is 36.8 Å². The molecule has 0 saturated heterocycles. The first kappa shape index (κ1) is 18.9. The van der Waals surface area contributed by atoms with Crippen LogP contribution >= 0.6 is 15.9 Å². The Morgan fingerprint density at radius 1 is 1.20 bits per heavy atom. The largest absolute Gasteiger partial charge is 0.479 e. The second kappa shape index (κ2) is 9.17. The van der Waals surface area contributed by atoms with Gasteiger partial charge in [-0.2, -0.15) is 0 Å². The van der Waals surface area contributed by atoms with Crippen LogP contribution in [-0.4, -0.2) is 24.6 Å². The molecule has 0 aromatic heterocycles. The van der Waals surface area contributed by atoms with E-state index in [9.17, 15) is 14.0 Å². The van der Waals surface area contributed by atoms with Crippen molar-refractivity contribution in [3.8, 4) is 5.75 Å². The van der Waals surface area contributed by atoms with Gasteiger partial charge in [-0.25, -0.2) is 9.18 Å². The number of esters is 1. The summed E-state index contributed by atoms with van der Waals surface area (Å²) in [4.78, 5) is 23.9. The Bertz CT molecular complexity index is 739. The maximum atomic E-state index is 13.7. The lowest BCUT2D eigenvalue weighted by Crippen LogP contribution is -2.31. The van der Waals surface area contributed by atoms with Crippen LogP contribution in [0.5, 0.6) is 5.75 Å². The molecule has 0 unspecified atom stereocenters. The van der Waals surface area contributed by atoms with E-state index in [1.54, 1.807) is 37.3 Å². The van der Waals surface area contributed by atoms with Crippen molar-refractivity contribution in [3.63, 3.8) is 0 Å². The summed E-state index contributed by atoms with van der Waals surface area (Å²) in [5.41, 5.74) is 0.0110. The molecule has 0 fully saturated rings. The van der Waals surface area contributed by atoms with Crippen LogP contribution in [0, 0.1) is 5.82 Å². The maximum Gasteiger partial charge on any atom is 0.347 e. The normalized spacial score (nSPS) is 11.5. The molecule has 0 aliphatic carbocycles. The van der Waals surface area contributed by atoms with E-state index in [4.69, 9.17) is 9.47 Å². The first-order valence-electron chi connectivity index (χ1n) is 7.63. The molecule has 0 bridgehead atoms. The zero-order valence-corrected chi connectivity index (χ0v) is 15.1. The maximum absolute atomic E-state index is 13.7. The molecule has 7 heteroatoms. The molecule has 5 nitrogen and oxygen atoms in total. The van der Waals surface area contributed by atoms with Gasteiger partial charge in [-0.1, -0.05) is 41.1 Å². The van der Waals surface area contributed by atoms with E-state index < -0.39 is 30.4 Å². The van der Waals surface area contributed by atoms with E-state index in [2.05, 4.69) is 21.2 Å². The van der Waals surface area contributed by atoms with Gasteiger partial charge < -0.3 is 14.8 Å². The number of rotatable bonds is 7. The first-order valence-corrected chi connectivity index (χ1v) is 8.42. The van der Waals surface area contributed by atoms with Crippen LogP contribution < -0.4 is 10.1 Å². The number of anilines is 1. The molecule has 1 N–H and O–H groups in total. The lowest BCUT2D eigenvalue weighted by molar-refractivity contribution is -0.154. The van der Waals surface area contributed by atoms with Crippen molar-refractivity contribution in [2.45, 2.75) is 19.4 Å². The van der Waals surface area contributed by atoms with E-state index in [0.717, 1.165) is 0 Å². The summed E-state index contributed by atoms with van der Waals surface area (Å²) in [6, 6.07) is 13.1. The third-order valence-corrected chi connectivity index (χ3v) is 3.70. The summed E-state index contributed by atoms with van der Waals surface area (Å²) < 4.78 is 24.7. The molecule has 2 aromatic rings. The highest BCUT2D eigenvalue weighted by Crippen LogP contribution is 2.19. The van der Waals surface area contributed by atoms with Crippen LogP contribution in [0.15, 0.2) is 53.0 Å². The van der Waals surface area contributed by atoms with Gasteiger partial charge in [0.15, 0.2) is 12.7 Å². The van der Waals surface area contributed by atoms with Crippen molar-refractivity contribution in [1.82, 2.24) is 0 Å². The average molecular weight is 410 g/mol. The highest BCUT2D eigenvalue weighted by atomic mass is 79.9. The molecular formula is C18H17BrFNO4. The Balaban J connectivity index is 1.86. The monoisotopic (exact) mass is 409 g/mol. The van der Waals surface area contributed by atoms with Crippen LogP contribution in [0.4, 0.5) is 10.1 Å². The van der Waals surface area contributed by atoms with Crippen molar-refractivity contribution < 1.29 is 23.5 Å². The molecule has 1 amide bonds. The van der Waals surface area contributed by atoms with Crippen molar-refractivity contribution in [3.05, 3.63) is 58.8 Å². The smallest absolute Gasteiger partial charge is 0.347 e. The number of carbonyl (C=O) groups excluding carboxylic acids is 2. The fourth-order valence-corrected chi connectivity index (χ4v) is 2.30. The van der Waals surface area contributed by atoms with E-state index >= 15 is 0 Å². The summed E-state index contributed by atoms with van der Waals surface area (Å²) in [5.74, 6) is -1.34. The number of para-hydroxylation sites is 1. The molecule has 132 valence electrons. The molecule has 2 aromatic carbocycles. The van der Waals surface area contributed by atoms with Crippen molar-refractivity contribution in [2.24, 2.45) is 0 Å². The third-order valence-electron chi connectivity index (χ3n) is 3.21. The number of carbonyl (C=O) groups is 2. The molecule has 25 heavy (non-hydrogen) atoms. The topological polar surface area (TPSA) is 64.6 Å². The highest BCUT2D eigenvalue weighted by molar-refractivity contribution is 9.10. The Kier molecular flexibility index (Phi) is 6.94. The number of ether oxygens (including phenoxy) is 2. The Labute approximate surface area is 153 Å². The third kappa shape index (κ3) is 5.86. The van der Waals surface area contributed by atoms with Gasteiger partial charge in [-0.15, -0.1) is 0 Å². The van der Waals surface area contributed by atoms with Gasteiger partial charge in [0.2, 0.25) is 0 Å². The highest BCUT2D eigenvalue weighted by Gasteiger charge is 2.21. The van der Waals surface area contributed by atoms with Crippen LogP contribution in [0.1, 0.15) is 13.3 Å². The molecule has 2 rings (SSSR count). The van der Waals surface area contributed by atoms with Gasteiger partial charge in [0.1, 0.15) is 11.6 Å². The quantitative estimate of drug-likeness (QED) is 0.703. The zero-order chi connectivity index (χ0) is 18.2. The minimum Gasteiger partial charge on any atom is -0.479 e. The number of benzene rings is 2. The molecule has 0 spiro atoms. The number of hydrogen-bond donors (Lipinski definition) is 1. The molecule has 0 saturated carbocycles. The molecule has 1 atom stereocenters. The summed E-state index contributed by atoms with van der Waals surface area (Å²) in [6.45, 7) is 1.25. The molecule has 0 aliphatic heterocycles. The second-order valence-electron chi connectivity index (χ2n) is 5.11. The molecule has 0 aliphatic rings. The Morgan fingerprint density at radius 2 is 1.92 bits per heavy atom. The minimum absolute atomic E-state index is 0.0110. The predicted molar refractivity (Wildman–Crippen MR) is 94.8 cm³/mol. The van der Waals surface area contributed by atoms with Crippen LogP contribution in [0.2, 0.25) is 0 Å². The standard InChI is InChI=1S/C18H17BrFNO4/c1-2-16(25-13-6-4-3-5-7-13)18(23)24-11-17(22)21-15-9-8-12(19)10-14(15)20/h3-10,16H,2,11H2,1H3,(H,21,22)/t16-/m1/s1. The number of halogens is 2.